The molecule has 106 valence electrons. The fourth-order valence-electron chi connectivity index (χ4n) is 4.86. The van der Waals surface area contributed by atoms with Crippen molar-refractivity contribution in [3.8, 4) is 0 Å². The molecule has 0 atom stereocenters. The monoisotopic (exact) mass is 274 g/mol. The number of alkyl halides is 3. The highest BCUT2D eigenvalue weighted by Gasteiger charge is 2.54. The zero-order chi connectivity index (χ0) is 13.8. The van der Waals surface area contributed by atoms with Crippen LogP contribution in [0, 0.1) is 23.2 Å². The van der Waals surface area contributed by atoms with Gasteiger partial charge in [0.05, 0.1) is 0 Å². The van der Waals surface area contributed by atoms with Crippen molar-refractivity contribution in [3.05, 3.63) is 12.2 Å². The zero-order valence-electron chi connectivity index (χ0n) is 10.6. The van der Waals surface area contributed by atoms with Crippen molar-refractivity contribution in [2.45, 2.75) is 44.9 Å². The molecule has 4 bridgehead atoms. The molecule has 19 heavy (non-hydrogen) atoms. The minimum atomic E-state index is -4.91. The summed E-state index contributed by atoms with van der Waals surface area (Å²) in [4.78, 5) is 11.6. The topological polar surface area (TPSA) is 26.3 Å². The van der Waals surface area contributed by atoms with Crippen molar-refractivity contribution in [2.24, 2.45) is 23.2 Å². The summed E-state index contributed by atoms with van der Waals surface area (Å²) in [6, 6.07) is 0. The third-order valence-corrected chi connectivity index (χ3v) is 5.13. The Kier molecular flexibility index (Phi) is 2.74. The number of carbonyl (C=O) groups excluding carboxylic acids is 1. The molecule has 0 radical (unpaired) electrons. The number of halogens is 3. The molecule has 4 rings (SSSR count). The summed E-state index contributed by atoms with van der Waals surface area (Å²) < 4.78 is 40.0. The molecule has 0 heterocycles. The molecule has 5 heteroatoms. The molecule has 4 aliphatic rings. The highest BCUT2D eigenvalue weighted by Crippen LogP contribution is 2.62. The Labute approximate surface area is 110 Å². The summed E-state index contributed by atoms with van der Waals surface area (Å²) in [7, 11) is 0. The molecule has 0 aromatic carbocycles. The molecule has 0 aliphatic heterocycles. The molecule has 0 N–H and O–H groups in total. The van der Waals surface area contributed by atoms with Gasteiger partial charge in [0.15, 0.2) is 0 Å². The molecule has 2 nitrogen and oxygen atoms in total. The SMILES string of the molecule is C=C(C(=O)OC(F)(F)F)C12CC3CC(CC(C3)C1)C2. The van der Waals surface area contributed by atoms with Crippen LogP contribution in [-0.4, -0.2) is 12.3 Å². The van der Waals surface area contributed by atoms with Crippen molar-refractivity contribution in [3.63, 3.8) is 0 Å². The lowest BCUT2D eigenvalue weighted by Gasteiger charge is -2.57. The second-order valence-corrected chi connectivity index (χ2v) is 6.51. The summed E-state index contributed by atoms with van der Waals surface area (Å²) >= 11 is 0. The van der Waals surface area contributed by atoms with Crippen LogP contribution in [0.4, 0.5) is 13.2 Å². The first kappa shape index (κ1) is 13.0. The highest BCUT2D eigenvalue weighted by molar-refractivity contribution is 5.89. The minimum Gasteiger partial charge on any atom is -0.369 e. The number of carbonyl (C=O) groups is 1. The maximum Gasteiger partial charge on any atom is 0.575 e. The fraction of sp³-hybridized carbons (Fsp3) is 0.786. The van der Waals surface area contributed by atoms with Crippen LogP contribution in [-0.2, 0) is 9.53 Å². The minimum absolute atomic E-state index is 0.0453. The number of hydrogen-bond donors (Lipinski definition) is 0. The Morgan fingerprint density at radius 1 is 1.05 bits per heavy atom. The number of rotatable bonds is 2. The predicted octanol–water partition coefficient (Wildman–Crippen LogP) is 3.82. The maximum absolute atomic E-state index is 12.2. The van der Waals surface area contributed by atoms with Gasteiger partial charge in [0, 0.05) is 11.0 Å². The largest absolute Gasteiger partial charge is 0.575 e. The summed E-state index contributed by atoms with van der Waals surface area (Å²) in [5.41, 5.74) is -0.374. The van der Waals surface area contributed by atoms with Crippen LogP contribution in [0.15, 0.2) is 12.2 Å². The van der Waals surface area contributed by atoms with Gasteiger partial charge in [-0.3, -0.25) is 0 Å². The second kappa shape index (κ2) is 4.00. The first-order chi connectivity index (χ1) is 8.77. The summed E-state index contributed by atoms with van der Waals surface area (Å²) in [6.45, 7) is 3.65. The first-order valence-corrected chi connectivity index (χ1v) is 6.77. The Hall–Kier alpha value is -1.00. The molecule has 4 fully saturated rings. The van der Waals surface area contributed by atoms with Gasteiger partial charge in [-0.2, -0.15) is 0 Å². The van der Waals surface area contributed by atoms with E-state index in [0.717, 1.165) is 19.3 Å². The van der Waals surface area contributed by atoms with Gasteiger partial charge in [0.25, 0.3) is 0 Å². The molecule has 0 aromatic rings. The fourth-order valence-corrected chi connectivity index (χ4v) is 4.86. The van der Waals surface area contributed by atoms with Crippen molar-refractivity contribution >= 4 is 5.97 Å². The van der Waals surface area contributed by atoms with Gasteiger partial charge >= 0.3 is 12.3 Å². The van der Waals surface area contributed by atoms with Crippen LogP contribution in [0.5, 0.6) is 0 Å². The smallest absolute Gasteiger partial charge is 0.369 e. The summed E-state index contributed by atoms with van der Waals surface area (Å²) in [6.07, 6.45) is 1.02. The third-order valence-electron chi connectivity index (χ3n) is 5.13. The Morgan fingerprint density at radius 3 is 1.84 bits per heavy atom. The van der Waals surface area contributed by atoms with Crippen molar-refractivity contribution in [1.82, 2.24) is 0 Å². The van der Waals surface area contributed by atoms with Crippen molar-refractivity contribution in [2.75, 3.05) is 0 Å². The zero-order valence-corrected chi connectivity index (χ0v) is 10.6. The van der Waals surface area contributed by atoms with E-state index in [1.54, 1.807) is 0 Å². The van der Waals surface area contributed by atoms with Crippen LogP contribution in [0.3, 0.4) is 0 Å². The molecule has 0 aromatic heterocycles. The average molecular weight is 274 g/mol. The van der Waals surface area contributed by atoms with Crippen LogP contribution in [0.2, 0.25) is 0 Å². The average Bonchev–Trinajstić information content (AvgIpc) is 2.23. The normalized spacial score (nSPS) is 40.3. The number of ether oxygens (including phenoxy) is 1. The van der Waals surface area contributed by atoms with E-state index in [-0.39, 0.29) is 5.57 Å². The van der Waals surface area contributed by atoms with Gasteiger partial charge in [-0.05, 0) is 56.3 Å². The Balaban J connectivity index is 1.78. The Bertz CT molecular complexity index is 390. The highest BCUT2D eigenvalue weighted by atomic mass is 19.4. The molecule has 4 saturated carbocycles. The lowest BCUT2D eigenvalue weighted by molar-refractivity contribution is -0.304. The van der Waals surface area contributed by atoms with E-state index in [9.17, 15) is 18.0 Å². The van der Waals surface area contributed by atoms with Gasteiger partial charge in [-0.1, -0.05) is 6.58 Å². The van der Waals surface area contributed by atoms with Crippen LogP contribution >= 0.6 is 0 Å². The second-order valence-electron chi connectivity index (χ2n) is 6.51. The van der Waals surface area contributed by atoms with Crippen LogP contribution in [0.25, 0.3) is 0 Å². The molecular formula is C14H17F3O2. The first-order valence-electron chi connectivity index (χ1n) is 6.77. The predicted molar refractivity (Wildman–Crippen MR) is 61.9 cm³/mol. The quantitative estimate of drug-likeness (QED) is 0.565. The molecule has 0 amide bonds. The molecule has 0 saturated heterocycles. The third kappa shape index (κ3) is 2.28. The van der Waals surface area contributed by atoms with Crippen molar-refractivity contribution in [1.29, 1.82) is 0 Å². The summed E-state index contributed by atoms with van der Waals surface area (Å²) in [5, 5.41) is 0. The van der Waals surface area contributed by atoms with Gasteiger partial charge < -0.3 is 4.74 Å². The summed E-state index contributed by atoms with van der Waals surface area (Å²) in [5.74, 6) is 0.388. The van der Waals surface area contributed by atoms with Gasteiger partial charge in [-0.15, -0.1) is 13.2 Å². The van der Waals surface area contributed by atoms with Crippen molar-refractivity contribution < 1.29 is 22.7 Å². The lowest BCUT2D eigenvalue weighted by Crippen LogP contribution is -2.48. The maximum atomic E-state index is 12.2. The number of hydrogen-bond acceptors (Lipinski definition) is 2. The Morgan fingerprint density at radius 2 is 1.47 bits per heavy atom. The van der Waals surface area contributed by atoms with Gasteiger partial charge in [-0.25, -0.2) is 4.79 Å². The van der Waals surface area contributed by atoms with E-state index in [2.05, 4.69) is 11.3 Å². The van der Waals surface area contributed by atoms with E-state index in [1.807, 2.05) is 0 Å². The van der Waals surface area contributed by atoms with E-state index < -0.39 is 17.7 Å². The van der Waals surface area contributed by atoms with Gasteiger partial charge in [0.2, 0.25) is 0 Å². The molecule has 0 spiro atoms. The van der Waals surface area contributed by atoms with Gasteiger partial charge in [0.1, 0.15) is 0 Å². The van der Waals surface area contributed by atoms with E-state index in [1.165, 1.54) is 19.3 Å². The van der Waals surface area contributed by atoms with E-state index >= 15 is 0 Å². The molecular weight excluding hydrogens is 257 g/mol. The lowest BCUT2D eigenvalue weighted by atomic mass is 9.48. The van der Waals surface area contributed by atoms with Crippen LogP contribution in [0.1, 0.15) is 38.5 Å². The number of esters is 1. The standard InChI is InChI=1S/C14H17F3O2/c1-8(12(18)19-14(15,16)17)13-5-9-2-10(6-13)4-11(3-9)7-13/h9-11H,1-7H2. The van der Waals surface area contributed by atoms with E-state index in [0.29, 0.717) is 17.8 Å². The molecule has 0 unspecified atom stereocenters. The van der Waals surface area contributed by atoms with E-state index in [4.69, 9.17) is 0 Å². The molecule has 4 aliphatic carbocycles. The van der Waals surface area contributed by atoms with Crippen LogP contribution < -0.4 is 0 Å².